The molecular formula is C38H43N3O5. The van der Waals surface area contributed by atoms with E-state index in [2.05, 4.69) is 69.7 Å². The number of para-hydroxylation sites is 1. The van der Waals surface area contributed by atoms with Gasteiger partial charge in [-0.3, -0.25) is 14.6 Å². The number of nitrogens with one attached hydrogen (secondary N) is 1. The molecule has 0 aromatic heterocycles. The van der Waals surface area contributed by atoms with Crippen LogP contribution in [-0.2, 0) is 27.4 Å². The van der Waals surface area contributed by atoms with Gasteiger partial charge in [0, 0.05) is 50.2 Å². The van der Waals surface area contributed by atoms with Crippen molar-refractivity contribution in [3.8, 4) is 5.75 Å². The van der Waals surface area contributed by atoms with E-state index in [1.54, 1.807) is 7.11 Å². The Morgan fingerprint density at radius 2 is 1.41 bits per heavy atom. The number of amides is 1. The number of esters is 1. The maximum atomic E-state index is 13.5. The molecule has 1 fully saturated rings. The summed E-state index contributed by atoms with van der Waals surface area (Å²) in [6.45, 7) is 3.06. The SMILES string of the molecule is COC(=O)[C@H]1CN(Cc2ccccc2OC)CC(C(c2ccccc2)c2ccccc2)N1CCCNC(=O)OCc1ccccc1. The van der Waals surface area contributed by atoms with Crippen LogP contribution in [-0.4, -0.2) is 74.3 Å². The number of carbonyl (C=O) groups is 2. The summed E-state index contributed by atoms with van der Waals surface area (Å²) < 4.78 is 16.5. The van der Waals surface area contributed by atoms with Crippen molar-refractivity contribution < 1.29 is 23.8 Å². The van der Waals surface area contributed by atoms with Crippen molar-refractivity contribution >= 4 is 12.1 Å². The van der Waals surface area contributed by atoms with E-state index in [0.717, 1.165) is 16.9 Å². The van der Waals surface area contributed by atoms with Crippen LogP contribution in [0.15, 0.2) is 115 Å². The highest BCUT2D eigenvalue weighted by molar-refractivity contribution is 5.76. The van der Waals surface area contributed by atoms with E-state index in [4.69, 9.17) is 14.2 Å². The molecule has 5 rings (SSSR count). The Bertz CT molecular complexity index is 1480. The Labute approximate surface area is 271 Å². The lowest BCUT2D eigenvalue weighted by Gasteiger charge is -2.48. The molecule has 0 saturated carbocycles. The molecule has 2 atom stereocenters. The first-order chi connectivity index (χ1) is 22.6. The summed E-state index contributed by atoms with van der Waals surface area (Å²) in [5.41, 5.74) is 4.35. The number of benzene rings is 4. The number of alkyl carbamates (subject to hydrolysis) is 1. The van der Waals surface area contributed by atoms with Gasteiger partial charge in [0.05, 0.1) is 14.2 Å². The molecule has 0 spiro atoms. The van der Waals surface area contributed by atoms with Crippen molar-refractivity contribution in [2.45, 2.75) is 37.6 Å². The number of carbonyl (C=O) groups excluding carboxylic acids is 2. The third kappa shape index (κ3) is 8.53. The lowest BCUT2D eigenvalue weighted by Crippen LogP contribution is -2.63. The van der Waals surface area contributed by atoms with Gasteiger partial charge >= 0.3 is 12.1 Å². The number of hydrogen-bond donors (Lipinski definition) is 1. The van der Waals surface area contributed by atoms with Gasteiger partial charge in [0.2, 0.25) is 0 Å². The number of nitrogens with zero attached hydrogens (tertiary/aromatic N) is 2. The Morgan fingerprint density at radius 1 is 0.804 bits per heavy atom. The van der Waals surface area contributed by atoms with E-state index in [-0.39, 0.29) is 24.5 Å². The molecule has 8 nitrogen and oxygen atoms in total. The number of ether oxygens (including phenoxy) is 3. The van der Waals surface area contributed by atoms with Crippen LogP contribution >= 0.6 is 0 Å². The molecular weight excluding hydrogens is 578 g/mol. The molecule has 1 unspecified atom stereocenters. The van der Waals surface area contributed by atoms with Crippen LogP contribution in [0.2, 0.25) is 0 Å². The topological polar surface area (TPSA) is 80.3 Å². The summed E-state index contributed by atoms with van der Waals surface area (Å²) in [6.07, 6.45) is 0.172. The third-order valence-corrected chi connectivity index (χ3v) is 8.54. The van der Waals surface area contributed by atoms with Crippen LogP contribution in [0.3, 0.4) is 0 Å². The van der Waals surface area contributed by atoms with Crippen molar-refractivity contribution in [1.29, 1.82) is 0 Å². The van der Waals surface area contributed by atoms with Crippen molar-refractivity contribution in [2.75, 3.05) is 40.4 Å². The number of methoxy groups -OCH3 is 2. The smallest absolute Gasteiger partial charge is 0.407 e. The highest BCUT2D eigenvalue weighted by atomic mass is 16.5. The van der Waals surface area contributed by atoms with Crippen LogP contribution < -0.4 is 10.1 Å². The van der Waals surface area contributed by atoms with Crippen molar-refractivity contribution in [2.24, 2.45) is 0 Å². The molecule has 1 N–H and O–H groups in total. The zero-order valence-corrected chi connectivity index (χ0v) is 26.6. The third-order valence-electron chi connectivity index (χ3n) is 8.54. The summed E-state index contributed by atoms with van der Waals surface area (Å²) in [7, 11) is 3.13. The minimum Gasteiger partial charge on any atom is -0.496 e. The molecule has 0 bridgehead atoms. The Morgan fingerprint density at radius 3 is 2.04 bits per heavy atom. The Hall–Kier alpha value is -4.66. The molecule has 46 heavy (non-hydrogen) atoms. The first-order valence-electron chi connectivity index (χ1n) is 15.8. The van der Waals surface area contributed by atoms with E-state index in [1.165, 1.54) is 18.2 Å². The second-order valence-electron chi connectivity index (χ2n) is 11.5. The van der Waals surface area contributed by atoms with Gasteiger partial charge in [-0.1, -0.05) is 109 Å². The lowest BCUT2D eigenvalue weighted by molar-refractivity contribution is -0.152. The first-order valence-corrected chi connectivity index (χ1v) is 15.8. The summed E-state index contributed by atoms with van der Waals surface area (Å²) in [5.74, 6) is 0.535. The fourth-order valence-corrected chi connectivity index (χ4v) is 6.38. The van der Waals surface area contributed by atoms with Crippen LogP contribution in [0.25, 0.3) is 0 Å². The average molecular weight is 622 g/mol. The van der Waals surface area contributed by atoms with Gasteiger partial charge in [-0.2, -0.15) is 0 Å². The highest BCUT2D eigenvalue weighted by Gasteiger charge is 2.43. The fraction of sp³-hybridized carbons (Fsp3) is 0.316. The van der Waals surface area contributed by atoms with Gasteiger partial charge in [0.25, 0.3) is 0 Å². The molecule has 4 aromatic rings. The second kappa shape index (κ2) is 16.6. The molecule has 1 heterocycles. The second-order valence-corrected chi connectivity index (χ2v) is 11.5. The fourth-order valence-electron chi connectivity index (χ4n) is 6.38. The largest absolute Gasteiger partial charge is 0.496 e. The minimum atomic E-state index is -0.501. The van der Waals surface area contributed by atoms with E-state index in [9.17, 15) is 9.59 Å². The quantitative estimate of drug-likeness (QED) is 0.148. The molecule has 0 radical (unpaired) electrons. The van der Waals surface area contributed by atoms with E-state index in [1.807, 2.05) is 60.7 Å². The molecule has 1 saturated heterocycles. The number of hydrogen-bond acceptors (Lipinski definition) is 7. The predicted molar refractivity (Wildman–Crippen MR) is 179 cm³/mol. The molecule has 240 valence electrons. The molecule has 1 aliphatic heterocycles. The zero-order valence-electron chi connectivity index (χ0n) is 26.6. The number of piperazine rings is 1. The summed E-state index contributed by atoms with van der Waals surface area (Å²) in [5, 5.41) is 2.88. The molecule has 0 aliphatic carbocycles. The van der Waals surface area contributed by atoms with Gasteiger partial charge in [0.15, 0.2) is 0 Å². The van der Waals surface area contributed by atoms with Crippen molar-refractivity contribution in [3.05, 3.63) is 138 Å². The van der Waals surface area contributed by atoms with Crippen molar-refractivity contribution in [1.82, 2.24) is 15.1 Å². The first kappa shape index (κ1) is 32.7. The zero-order chi connectivity index (χ0) is 32.1. The summed E-state index contributed by atoms with van der Waals surface area (Å²) >= 11 is 0. The summed E-state index contributed by atoms with van der Waals surface area (Å²) in [6, 6.07) is 38.0. The van der Waals surface area contributed by atoms with Crippen LogP contribution in [0.4, 0.5) is 4.79 Å². The van der Waals surface area contributed by atoms with Gasteiger partial charge in [-0.15, -0.1) is 0 Å². The van der Waals surface area contributed by atoms with Crippen LogP contribution in [0, 0.1) is 0 Å². The Balaban J connectivity index is 1.40. The molecule has 8 heteroatoms. The maximum absolute atomic E-state index is 13.5. The van der Waals surface area contributed by atoms with Crippen LogP contribution in [0.5, 0.6) is 5.75 Å². The predicted octanol–water partition coefficient (Wildman–Crippen LogP) is 5.87. The highest BCUT2D eigenvalue weighted by Crippen LogP contribution is 2.36. The van der Waals surface area contributed by atoms with Gasteiger partial charge in [0.1, 0.15) is 18.4 Å². The van der Waals surface area contributed by atoms with Crippen molar-refractivity contribution in [3.63, 3.8) is 0 Å². The maximum Gasteiger partial charge on any atom is 0.407 e. The van der Waals surface area contributed by atoms with Gasteiger partial charge in [-0.25, -0.2) is 4.79 Å². The number of rotatable bonds is 13. The van der Waals surface area contributed by atoms with Gasteiger partial charge < -0.3 is 19.5 Å². The monoisotopic (exact) mass is 621 g/mol. The average Bonchev–Trinajstić information content (AvgIpc) is 3.11. The van der Waals surface area contributed by atoms with Crippen LogP contribution in [0.1, 0.15) is 34.6 Å². The minimum absolute atomic E-state index is 0.0150. The standard InChI is InChI=1S/C38H43N3O5/c1-44-35-22-13-12-21-32(35)25-40-26-33(36(30-17-8-4-9-18-30)31-19-10-5-11-20-31)41(34(27-40)37(42)45-2)24-14-23-39-38(43)46-28-29-15-6-3-7-16-29/h3-13,15-22,33-34,36H,14,23-28H2,1-2H3,(H,39,43)/t33?,34-/m1/s1. The van der Waals surface area contributed by atoms with Gasteiger partial charge in [-0.05, 0) is 29.2 Å². The van der Waals surface area contributed by atoms with E-state index >= 15 is 0 Å². The Kier molecular flexibility index (Phi) is 11.8. The lowest BCUT2D eigenvalue weighted by atomic mass is 9.82. The normalized spacial score (nSPS) is 16.9. The van der Waals surface area contributed by atoms with E-state index < -0.39 is 12.1 Å². The molecule has 1 amide bonds. The summed E-state index contributed by atoms with van der Waals surface area (Å²) in [4.78, 5) is 30.6. The van der Waals surface area contributed by atoms with E-state index in [0.29, 0.717) is 39.1 Å². The molecule has 1 aliphatic rings. The molecule has 4 aromatic carbocycles.